The average molecular weight is 348 g/mol. The summed E-state index contributed by atoms with van der Waals surface area (Å²) in [5.41, 5.74) is 2.27. The monoisotopic (exact) mass is 348 g/mol. The van der Waals surface area contributed by atoms with Gasteiger partial charge in [-0.1, -0.05) is 30.3 Å². The fourth-order valence-electron chi connectivity index (χ4n) is 3.04. The van der Waals surface area contributed by atoms with Crippen molar-refractivity contribution >= 4 is 23.7 Å². The minimum Gasteiger partial charge on any atom is -0.508 e. The maximum Gasteiger partial charge on any atom is 0.169 e. The van der Waals surface area contributed by atoms with Crippen LogP contribution in [-0.2, 0) is 9.59 Å². The zero-order valence-corrected chi connectivity index (χ0v) is 14.3. The summed E-state index contributed by atoms with van der Waals surface area (Å²) in [6.45, 7) is 0. The van der Waals surface area contributed by atoms with Crippen LogP contribution in [0.4, 0.5) is 0 Å². The number of phenols is 2. The SMILES string of the molecule is O=C(C=Cc1ccc(O)cc1)C1CCCC(=Cc2ccc(O)cc2)C1=O. The number of hydrogen-bond donors (Lipinski definition) is 2. The molecule has 0 heterocycles. The third kappa shape index (κ3) is 4.28. The van der Waals surface area contributed by atoms with Gasteiger partial charge in [-0.3, -0.25) is 9.59 Å². The van der Waals surface area contributed by atoms with Gasteiger partial charge < -0.3 is 10.2 Å². The Kier molecular flexibility index (Phi) is 5.32. The molecule has 0 aromatic heterocycles. The Hall–Kier alpha value is -3.14. The molecule has 0 bridgehead atoms. The largest absolute Gasteiger partial charge is 0.508 e. The lowest BCUT2D eigenvalue weighted by molar-refractivity contribution is -0.129. The molecule has 2 N–H and O–H groups in total. The van der Waals surface area contributed by atoms with Crippen molar-refractivity contribution in [3.8, 4) is 11.5 Å². The first-order valence-electron chi connectivity index (χ1n) is 8.58. The van der Waals surface area contributed by atoms with E-state index in [9.17, 15) is 19.8 Å². The minimum atomic E-state index is -0.638. The second kappa shape index (κ2) is 7.83. The van der Waals surface area contributed by atoms with E-state index in [0.29, 0.717) is 18.4 Å². The molecule has 0 spiro atoms. The van der Waals surface area contributed by atoms with Gasteiger partial charge in [-0.25, -0.2) is 0 Å². The number of aromatic hydroxyl groups is 2. The summed E-state index contributed by atoms with van der Waals surface area (Å²) in [6, 6.07) is 13.1. The lowest BCUT2D eigenvalue weighted by Crippen LogP contribution is -2.27. The van der Waals surface area contributed by atoms with Crippen LogP contribution in [0, 0.1) is 5.92 Å². The van der Waals surface area contributed by atoms with E-state index < -0.39 is 5.92 Å². The summed E-state index contributed by atoms with van der Waals surface area (Å²) in [7, 11) is 0. The Morgan fingerprint density at radius 2 is 1.50 bits per heavy atom. The van der Waals surface area contributed by atoms with E-state index in [1.165, 1.54) is 6.08 Å². The van der Waals surface area contributed by atoms with Crippen molar-refractivity contribution in [2.45, 2.75) is 19.3 Å². The molecule has 4 nitrogen and oxygen atoms in total. The maximum absolute atomic E-state index is 12.7. The number of Topliss-reactive ketones (excluding diaryl/α,β-unsaturated/α-hetero) is 1. The van der Waals surface area contributed by atoms with Crippen LogP contribution in [0.3, 0.4) is 0 Å². The molecule has 3 rings (SSSR count). The summed E-state index contributed by atoms with van der Waals surface area (Å²) < 4.78 is 0. The normalized spacial score (nSPS) is 19.2. The number of allylic oxidation sites excluding steroid dienone is 2. The van der Waals surface area contributed by atoms with Gasteiger partial charge in [-0.2, -0.15) is 0 Å². The molecule has 1 atom stereocenters. The lowest BCUT2D eigenvalue weighted by Gasteiger charge is -2.21. The van der Waals surface area contributed by atoms with Crippen molar-refractivity contribution in [2.75, 3.05) is 0 Å². The number of hydrogen-bond acceptors (Lipinski definition) is 4. The molecule has 2 aromatic rings. The van der Waals surface area contributed by atoms with Crippen molar-refractivity contribution in [1.82, 2.24) is 0 Å². The summed E-state index contributed by atoms with van der Waals surface area (Å²) >= 11 is 0. The van der Waals surface area contributed by atoms with Gasteiger partial charge in [0.05, 0.1) is 5.92 Å². The van der Waals surface area contributed by atoms with Gasteiger partial charge in [-0.05, 0) is 72.4 Å². The van der Waals surface area contributed by atoms with Crippen LogP contribution in [0.5, 0.6) is 11.5 Å². The van der Waals surface area contributed by atoms with Gasteiger partial charge in [0.1, 0.15) is 11.5 Å². The Morgan fingerprint density at radius 1 is 0.923 bits per heavy atom. The summed E-state index contributed by atoms with van der Waals surface area (Å²) in [4.78, 5) is 25.2. The molecule has 1 fully saturated rings. The minimum absolute atomic E-state index is 0.121. The second-order valence-corrected chi connectivity index (χ2v) is 6.40. The van der Waals surface area contributed by atoms with Crippen molar-refractivity contribution in [2.24, 2.45) is 5.92 Å². The van der Waals surface area contributed by atoms with Crippen molar-refractivity contribution < 1.29 is 19.8 Å². The molecule has 1 aliphatic carbocycles. The van der Waals surface area contributed by atoms with Gasteiger partial charge in [-0.15, -0.1) is 0 Å². The summed E-state index contributed by atoms with van der Waals surface area (Å²) in [6.07, 6.45) is 6.91. The second-order valence-electron chi connectivity index (χ2n) is 6.40. The number of benzene rings is 2. The standard InChI is InChI=1S/C22H20O4/c23-18-9-4-15(5-10-18)8-13-21(25)20-3-1-2-17(22(20)26)14-16-6-11-19(24)12-7-16/h4-14,20,23-24H,1-3H2. The molecule has 0 amide bonds. The number of carbonyl (C=O) groups excluding carboxylic acids is 2. The molecule has 1 aliphatic rings. The lowest BCUT2D eigenvalue weighted by atomic mass is 9.81. The summed E-state index contributed by atoms with van der Waals surface area (Å²) in [5, 5.41) is 18.6. The highest BCUT2D eigenvalue weighted by atomic mass is 16.3. The van der Waals surface area contributed by atoms with Crippen LogP contribution in [0.1, 0.15) is 30.4 Å². The molecule has 2 aromatic carbocycles. The van der Waals surface area contributed by atoms with E-state index in [4.69, 9.17) is 0 Å². The Labute approximate surface area is 152 Å². The first-order valence-corrected chi connectivity index (χ1v) is 8.58. The van der Waals surface area contributed by atoms with Gasteiger partial charge in [0.2, 0.25) is 0 Å². The maximum atomic E-state index is 12.7. The first-order chi connectivity index (χ1) is 12.5. The Balaban J connectivity index is 1.73. The number of rotatable bonds is 4. The van der Waals surface area contributed by atoms with Crippen molar-refractivity contribution in [3.05, 3.63) is 71.3 Å². The topological polar surface area (TPSA) is 74.6 Å². The number of ketones is 2. The quantitative estimate of drug-likeness (QED) is 0.643. The highest BCUT2D eigenvalue weighted by Gasteiger charge is 2.30. The van der Waals surface area contributed by atoms with Gasteiger partial charge in [0, 0.05) is 0 Å². The highest BCUT2D eigenvalue weighted by Crippen LogP contribution is 2.28. The van der Waals surface area contributed by atoms with Crippen molar-refractivity contribution in [1.29, 1.82) is 0 Å². The molecule has 1 saturated carbocycles. The van der Waals surface area contributed by atoms with E-state index in [1.54, 1.807) is 60.7 Å². The van der Waals surface area contributed by atoms with Gasteiger partial charge in [0.25, 0.3) is 0 Å². The summed E-state index contributed by atoms with van der Waals surface area (Å²) in [5.74, 6) is -0.612. The molecular formula is C22H20O4. The average Bonchev–Trinajstić information content (AvgIpc) is 2.64. The predicted octanol–water partition coefficient (Wildman–Crippen LogP) is 4.13. The van der Waals surface area contributed by atoms with Crippen molar-refractivity contribution in [3.63, 3.8) is 0 Å². The fraction of sp³-hybridized carbons (Fsp3) is 0.182. The third-order valence-corrected chi connectivity index (χ3v) is 4.48. The van der Waals surface area contributed by atoms with Crippen LogP contribution >= 0.6 is 0 Å². The van der Waals surface area contributed by atoms with E-state index >= 15 is 0 Å². The molecule has 1 unspecified atom stereocenters. The molecular weight excluding hydrogens is 328 g/mol. The predicted molar refractivity (Wildman–Crippen MR) is 101 cm³/mol. The molecule has 0 radical (unpaired) electrons. The number of carbonyl (C=O) groups is 2. The van der Waals surface area contributed by atoms with Gasteiger partial charge >= 0.3 is 0 Å². The molecule has 26 heavy (non-hydrogen) atoms. The van der Waals surface area contributed by atoms with Crippen LogP contribution in [0.15, 0.2) is 60.2 Å². The Morgan fingerprint density at radius 3 is 2.12 bits per heavy atom. The fourth-order valence-corrected chi connectivity index (χ4v) is 3.04. The van der Waals surface area contributed by atoms with Crippen LogP contribution in [0.2, 0.25) is 0 Å². The first kappa shape index (κ1) is 17.7. The third-order valence-electron chi connectivity index (χ3n) is 4.48. The molecule has 4 heteroatoms. The zero-order valence-electron chi connectivity index (χ0n) is 14.3. The van der Waals surface area contributed by atoms with E-state index in [1.807, 2.05) is 0 Å². The van der Waals surface area contributed by atoms with Crippen LogP contribution in [0.25, 0.3) is 12.2 Å². The van der Waals surface area contributed by atoms with Gasteiger partial charge in [0.15, 0.2) is 11.6 Å². The van der Waals surface area contributed by atoms with E-state index in [-0.39, 0.29) is 23.1 Å². The Bertz CT molecular complexity index is 858. The smallest absolute Gasteiger partial charge is 0.169 e. The van der Waals surface area contributed by atoms with Crippen LogP contribution < -0.4 is 0 Å². The molecule has 132 valence electrons. The highest BCUT2D eigenvalue weighted by molar-refractivity contribution is 6.16. The molecule has 0 aliphatic heterocycles. The molecule has 0 saturated heterocycles. The zero-order chi connectivity index (χ0) is 18.5. The van der Waals surface area contributed by atoms with Crippen LogP contribution in [-0.4, -0.2) is 21.8 Å². The van der Waals surface area contributed by atoms with E-state index in [0.717, 1.165) is 17.5 Å². The number of phenolic OH excluding ortho intramolecular Hbond substituents is 2. The van der Waals surface area contributed by atoms with E-state index in [2.05, 4.69) is 0 Å².